The lowest BCUT2D eigenvalue weighted by Crippen LogP contribution is -2.07. The van der Waals surface area contributed by atoms with Crippen LogP contribution in [0, 0.1) is 0 Å². The number of hydrogen-bond acceptors (Lipinski definition) is 5. The van der Waals surface area contributed by atoms with Gasteiger partial charge in [0, 0.05) is 0 Å². The molecule has 0 amide bonds. The van der Waals surface area contributed by atoms with Crippen LogP contribution in [0.5, 0.6) is 0 Å². The summed E-state index contributed by atoms with van der Waals surface area (Å²) in [5.41, 5.74) is 0. The molecule has 0 aromatic carbocycles. The Morgan fingerprint density at radius 3 is 2.79 bits per heavy atom. The molecule has 0 atom stereocenters. The third-order valence-corrected chi connectivity index (χ3v) is 1.27. The van der Waals surface area contributed by atoms with Gasteiger partial charge in [-0.15, -0.1) is 10.2 Å². The van der Waals surface area contributed by atoms with E-state index in [0.29, 0.717) is 0 Å². The molecule has 0 unspecified atom stereocenters. The van der Waals surface area contributed by atoms with E-state index in [1.54, 1.807) is 6.92 Å². The Balaban J connectivity index is 2.55. The van der Waals surface area contributed by atoms with Crippen LogP contribution in [0.15, 0.2) is 4.42 Å². The van der Waals surface area contributed by atoms with E-state index in [0.717, 1.165) is 0 Å². The molecule has 0 saturated carbocycles. The van der Waals surface area contributed by atoms with Gasteiger partial charge in [-0.1, -0.05) is 0 Å². The monoisotopic (exact) mass is 206 g/mol. The summed E-state index contributed by atoms with van der Waals surface area (Å²) in [7, 11) is 0. The largest absolute Gasteiger partial charge is 0.466 e. The van der Waals surface area contributed by atoms with Gasteiger partial charge in [0.25, 0.3) is 5.89 Å². The molecule has 0 aliphatic heterocycles. The highest BCUT2D eigenvalue weighted by Crippen LogP contribution is 2.16. The summed E-state index contributed by atoms with van der Waals surface area (Å²) >= 11 is 0. The molecule has 0 aliphatic rings. The zero-order valence-electron chi connectivity index (χ0n) is 7.37. The van der Waals surface area contributed by atoms with E-state index in [1.807, 2.05) is 0 Å². The van der Waals surface area contributed by atoms with Crippen LogP contribution in [0.1, 0.15) is 25.1 Å². The van der Waals surface area contributed by atoms with Gasteiger partial charge in [0.15, 0.2) is 0 Å². The first kappa shape index (κ1) is 10.6. The van der Waals surface area contributed by atoms with Crippen LogP contribution >= 0.6 is 0 Å². The Bertz CT molecular complexity index is 314. The summed E-state index contributed by atoms with van der Waals surface area (Å²) in [6.07, 6.45) is -3.11. The van der Waals surface area contributed by atoms with Crippen molar-refractivity contribution in [2.75, 3.05) is 6.61 Å². The van der Waals surface area contributed by atoms with Gasteiger partial charge in [-0.3, -0.25) is 4.79 Å². The zero-order chi connectivity index (χ0) is 10.6. The Kier molecular flexibility index (Phi) is 3.49. The van der Waals surface area contributed by atoms with Crippen molar-refractivity contribution in [3.63, 3.8) is 0 Å². The van der Waals surface area contributed by atoms with Gasteiger partial charge in [0.1, 0.15) is 6.42 Å². The minimum Gasteiger partial charge on any atom is -0.466 e. The van der Waals surface area contributed by atoms with Gasteiger partial charge in [0.2, 0.25) is 5.89 Å². The molecule has 78 valence electrons. The summed E-state index contributed by atoms with van der Waals surface area (Å²) in [6.45, 7) is 1.85. The molecular weight excluding hydrogens is 198 g/mol. The quantitative estimate of drug-likeness (QED) is 0.690. The Labute approximate surface area is 78.1 Å². The first-order chi connectivity index (χ1) is 6.63. The van der Waals surface area contributed by atoms with Crippen LogP contribution in [0.25, 0.3) is 0 Å². The van der Waals surface area contributed by atoms with Crippen LogP contribution in [-0.2, 0) is 16.0 Å². The molecule has 0 radical (unpaired) electrons. The van der Waals surface area contributed by atoms with E-state index in [2.05, 4.69) is 19.4 Å². The van der Waals surface area contributed by atoms with E-state index in [4.69, 9.17) is 0 Å². The van der Waals surface area contributed by atoms with Gasteiger partial charge in [-0.2, -0.15) is 8.78 Å². The molecule has 0 spiro atoms. The number of carbonyl (C=O) groups excluding carboxylic acids is 1. The lowest BCUT2D eigenvalue weighted by molar-refractivity contribution is -0.142. The fraction of sp³-hybridized carbons (Fsp3) is 0.571. The van der Waals surface area contributed by atoms with Gasteiger partial charge < -0.3 is 9.15 Å². The highest BCUT2D eigenvalue weighted by atomic mass is 19.3. The maximum absolute atomic E-state index is 12.0. The SMILES string of the molecule is CCOC(=O)Cc1nnc(C(F)F)o1. The van der Waals surface area contributed by atoms with Crippen LogP contribution in [0.3, 0.4) is 0 Å². The first-order valence-corrected chi connectivity index (χ1v) is 3.89. The molecule has 0 saturated heterocycles. The Morgan fingerprint density at radius 2 is 2.29 bits per heavy atom. The number of hydrogen-bond donors (Lipinski definition) is 0. The molecule has 1 aromatic heterocycles. The average molecular weight is 206 g/mol. The zero-order valence-corrected chi connectivity index (χ0v) is 7.37. The standard InChI is InChI=1S/C7H8F2N2O3/c1-2-13-5(12)3-4-10-11-7(14-4)6(8)9/h6H,2-3H2,1H3. The molecule has 0 N–H and O–H groups in total. The molecule has 14 heavy (non-hydrogen) atoms. The van der Waals surface area contributed by atoms with E-state index in [9.17, 15) is 13.6 Å². The molecule has 7 heteroatoms. The van der Waals surface area contributed by atoms with E-state index < -0.39 is 18.3 Å². The Morgan fingerprint density at radius 1 is 1.57 bits per heavy atom. The normalized spacial score (nSPS) is 10.6. The smallest absolute Gasteiger partial charge is 0.315 e. The molecule has 1 heterocycles. The fourth-order valence-corrected chi connectivity index (χ4v) is 0.762. The summed E-state index contributed by atoms with van der Waals surface area (Å²) in [5.74, 6) is -1.54. The first-order valence-electron chi connectivity index (χ1n) is 3.89. The van der Waals surface area contributed by atoms with E-state index in [1.165, 1.54) is 0 Å². The highest BCUT2D eigenvalue weighted by Gasteiger charge is 2.17. The van der Waals surface area contributed by atoms with Crippen LogP contribution < -0.4 is 0 Å². The third kappa shape index (κ3) is 2.75. The van der Waals surface area contributed by atoms with E-state index >= 15 is 0 Å². The maximum atomic E-state index is 12.0. The van der Waals surface area contributed by atoms with Gasteiger partial charge in [-0.05, 0) is 6.92 Å². The van der Waals surface area contributed by atoms with Gasteiger partial charge >= 0.3 is 12.4 Å². The Hall–Kier alpha value is -1.53. The molecule has 1 rings (SSSR count). The molecule has 0 aliphatic carbocycles. The summed E-state index contributed by atoms with van der Waals surface area (Å²) in [4.78, 5) is 10.9. The van der Waals surface area contributed by atoms with Crippen LogP contribution in [-0.4, -0.2) is 22.8 Å². The molecule has 5 nitrogen and oxygen atoms in total. The predicted octanol–water partition coefficient (Wildman–Crippen LogP) is 1.11. The van der Waals surface area contributed by atoms with Crippen molar-refractivity contribution in [2.45, 2.75) is 19.8 Å². The maximum Gasteiger partial charge on any atom is 0.315 e. The van der Waals surface area contributed by atoms with Crippen molar-refractivity contribution >= 4 is 5.97 Å². The van der Waals surface area contributed by atoms with Crippen molar-refractivity contribution in [3.8, 4) is 0 Å². The molecule has 1 aromatic rings. The van der Waals surface area contributed by atoms with Crippen molar-refractivity contribution < 1.29 is 22.7 Å². The minimum absolute atomic E-state index is 0.168. The summed E-state index contributed by atoms with van der Waals surface area (Å²) < 4.78 is 33.0. The van der Waals surface area contributed by atoms with Gasteiger partial charge in [-0.25, -0.2) is 0 Å². The summed E-state index contributed by atoms with van der Waals surface area (Å²) in [6, 6.07) is 0. The molecule has 0 fully saturated rings. The predicted molar refractivity (Wildman–Crippen MR) is 39.6 cm³/mol. The second-order valence-corrected chi connectivity index (χ2v) is 2.32. The van der Waals surface area contributed by atoms with Crippen LogP contribution in [0.2, 0.25) is 0 Å². The average Bonchev–Trinajstić information content (AvgIpc) is 2.53. The number of alkyl halides is 2. The second kappa shape index (κ2) is 4.64. The fourth-order valence-electron chi connectivity index (χ4n) is 0.762. The number of carbonyl (C=O) groups is 1. The number of esters is 1. The van der Waals surface area contributed by atoms with E-state index in [-0.39, 0.29) is 18.9 Å². The van der Waals surface area contributed by atoms with Crippen molar-refractivity contribution in [1.82, 2.24) is 10.2 Å². The third-order valence-electron chi connectivity index (χ3n) is 1.27. The number of halogens is 2. The number of ether oxygens (including phenoxy) is 1. The van der Waals surface area contributed by atoms with Crippen molar-refractivity contribution in [1.29, 1.82) is 0 Å². The highest BCUT2D eigenvalue weighted by molar-refractivity contribution is 5.71. The number of nitrogens with zero attached hydrogens (tertiary/aromatic N) is 2. The molecule has 0 bridgehead atoms. The van der Waals surface area contributed by atoms with Crippen LogP contribution in [0.4, 0.5) is 8.78 Å². The van der Waals surface area contributed by atoms with Crippen molar-refractivity contribution in [2.24, 2.45) is 0 Å². The summed E-state index contributed by atoms with van der Waals surface area (Å²) in [5, 5.41) is 6.32. The van der Waals surface area contributed by atoms with Gasteiger partial charge in [0.05, 0.1) is 6.61 Å². The lowest BCUT2D eigenvalue weighted by atomic mass is 10.4. The number of rotatable bonds is 4. The van der Waals surface area contributed by atoms with Crippen molar-refractivity contribution in [3.05, 3.63) is 11.8 Å². The minimum atomic E-state index is -2.82. The second-order valence-electron chi connectivity index (χ2n) is 2.32. The lowest BCUT2D eigenvalue weighted by Gasteiger charge is -1.96. The number of aromatic nitrogens is 2. The topological polar surface area (TPSA) is 65.2 Å². The molecular formula is C7H8F2N2O3.